The number of rotatable bonds is 4. The van der Waals surface area contributed by atoms with Crippen LogP contribution in [0.4, 0.5) is 8.78 Å². The number of hydrogen-bond acceptors (Lipinski definition) is 2. The van der Waals surface area contributed by atoms with Gasteiger partial charge in [0.25, 0.3) is 0 Å². The van der Waals surface area contributed by atoms with Crippen LogP contribution in [0.15, 0.2) is 0 Å². The highest BCUT2D eigenvalue weighted by Crippen LogP contribution is 2.26. The van der Waals surface area contributed by atoms with Gasteiger partial charge >= 0.3 is 5.97 Å². The molecular weight excluding hydrogens is 178 g/mol. The predicted octanol–water partition coefficient (Wildman–Crippen LogP) is 2.62. The molecule has 0 aliphatic rings. The minimum absolute atomic E-state index is 0.234. The van der Waals surface area contributed by atoms with Crippen LogP contribution in [0.3, 0.4) is 0 Å². The van der Waals surface area contributed by atoms with Crippen LogP contribution >= 0.6 is 0 Å². The lowest BCUT2D eigenvalue weighted by molar-refractivity contribution is -0.152. The van der Waals surface area contributed by atoms with Crippen LogP contribution in [0.1, 0.15) is 34.1 Å². The molecule has 0 heterocycles. The highest BCUT2D eigenvalue weighted by atomic mass is 19.3. The molecule has 13 heavy (non-hydrogen) atoms. The first kappa shape index (κ1) is 12.3. The molecule has 0 aromatic carbocycles. The molecule has 0 saturated heterocycles. The van der Waals surface area contributed by atoms with Gasteiger partial charge in [-0.3, -0.25) is 4.79 Å². The van der Waals surface area contributed by atoms with Crippen molar-refractivity contribution in [3.8, 4) is 0 Å². The van der Waals surface area contributed by atoms with E-state index in [0.29, 0.717) is 0 Å². The Morgan fingerprint density at radius 3 is 2.15 bits per heavy atom. The molecule has 0 rings (SSSR count). The maximum absolute atomic E-state index is 12.6. The lowest BCUT2D eigenvalue weighted by atomic mass is 10.0. The first-order valence-corrected chi connectivity index (χ1v) is 4.30. The van der Waals surface area contributed by atoms with Crippen LogP contribution in [0.5, 0.6) is 0 Å². The smallest absolute Gasteiger partial charge is 0.306 e. The third-order valence-corrected chi connectivity index (χ3v) is 1.71. The van der Waals surface area contributed by atoms with Gasteiger partial charge in [-0.05, 0) is 20.8 Å². The molecule has 4 heteroatoms. The lowest BCUT2D eigenvalue weighted by Crippen LogP contribution is -2.25. The molecule has 0 saturated carbocycles. The number of carbonyl (C=O) groups is 1. The Morgan fingerprint density at radius 1 is 1.38 bits per heavy atom. The quantitative estimate of drug-likeness (QED) is 0.643. The molecule has 0 aromatic heterocycles. The van der Waals surface area contributed by atoms with Gasteiger partial charge in [0.2, 0.25) is 5.92 Å². The molecule has 0 aromatic rings. The van der Waals surface area contributed by atoms with Gasteiger partial charge in [0.15, 0.2) is 0 Å². The second kappa shape index (κ2) is 4.53. The summed E-state index contributed by atoms with van der Waals surface area (Å²) in [5.41, 5.74) is 0. The van der Waals surface area contributed by atoms with Gasteiger partial charge in [-0.2, -0.15) is 0 Å². The van der Waals surface area contributed by atoms with E-state index in [4.69, 9.17) is 4.74 Å². The first-order valence-electron chi connectivity index (χ1n) is 4.30. The standard InChI is InChI=1S/C9H16F2O2/c1-6(2)13-8(12)5-7(3)9(4,10)11/h6-7H,5H2,1-4H3/t7-/m0/s1. The van der Waals surface area contributed by atoms with Gasteiger partial charge in [-0.15, -0.1) is 0 Å². The molecule has 0 bridgehead atoms. The number of halogens is 2. The van der Waals surface area contributed by atoms with Gasteiger partial charge in [-0.25, -0.2) is 8.78 Å². The third-order valence-electron chi connectivity index (χ3n) is 1.71. The number of carbonyl (C=O) groups excluding carboxylic acids is 1. The van der Waals surface area contributed by atoms with Crippen LogP contribution in [-0.2, 0) is 9.53 Å². The molecule has 2 nitrogen and oxygen atoms in total. The van der Waals surface area contributed by atoms with Gasteiger partial charge in [0.1, 0.15) is 0 Å². The van der Waals surface area contributed by atoms with Gasteiger partial charge < -0.3 is 4.74 Å². The summed E-state index contributed by atoms with van der Waals surface area (Å²) in [5.74, 6) is -4.36. The largest absolute Gasteiger partial charge is 0.463 e. The van der Waals surface area contributed by atoms with Crippen molar-refractivity contribution in [3.05, 3.63) is 0 Å². The zero-order chi connectivity index (χ0) is 10.6. The second-order valence-electron chi connectivity index (χ2n) is 3.60. The van der Waals surface area contributed by atoms with Crippen molar-refractivity contribution in [2.45, 2.75) is 46.1 Å². The van der Waals surface area contributed by atoms with Crippen LogP contribution in [-0.4, -0.2) is 18.0 Å². The van der Waals surface area contributed by atoms with E-state index >= 15 is 0 Å². The van der Waals surface area contributed by atoms with E-state index in [2.05, 4.69) is 0 Å². The molecule has 0 radical (unpaired) electrons. The number of esters is 1. The summed E-state index contributed by atoms with van der Waals surface area (Å²) in [7, 11) is 0. The summed E-state index contributed by atoms with van der Waals surface area (Å²) < 4.78 is 30.0. The molecule has 0 spiro atoms. The van der Waals surface area contributed by atoms with E-state index in [1.165, 1.54) is 6.92 Å². The van der Waals surface area contributed by atoms with E-state index in [-0.39, 0.29) is 12.5 Å². The lowest BCUT2D eigenvalue weighted by Gasteiger charge is -2.18. The highest BCUT2D eigenvalue weighted by molar-refractivity contribution is 5.69. The van der Waals surface area contributed by atoms with Crippen molar-refractivity contribution in [1.82, 2.24) is 0 Å². The second-order valence-corrected chi connectivity index (χ2v) is 3.60. The van der Waals surface area contributed by atoms with Crippen molar-refractivity contribution in [1.29, 1.82) is 0 Å². The average Bonchev–Trinajstić information content (AvgIpc) is 1.82. The van der Waals surface area contributed by atoms with Gasteiger partial charge in [0, 0.05) is 5.92 Å². The summed E-state index contributed by atoms with van der Waals surface area (Å²) in [6, 6.07) is 0. The van der Waals surface area contributed by atoms with E-state index in [1.54, 1.807) is 13.8 Å². The Balaban J connectivity index is 3.93. The molecule has 0 N–H and O–H groups in total. The van der Waals surface area contributed by atoms with Crippen molar-refractivity contribution in [2.75, 3.05) is 0 Å². The monoisotopic (exact) mass is 194 g/mol. The molecule has 0 aliphatic carbocycles. The van der Waals surface area contributed by atoms with E-state index < -0.39 is 17.8 Å². The zero-order valence-electron chi connectivity index (χ0n) is 8.43. The maximum atomic E-state index is 12.6. The topological polar surface area (TPSA) is 26.3 Å². The number of ether oxygens (including phenoxy) is 1. The van der Waals surface area contributed by atoms with Crippen molar-refractivity contribution >= 4 is 5.97 Å². The third kappa shape index (κ3) is 5.55. The molecule has 0 fully saturated rings. The molecule has 0 amide bonds. The Labute approximate surface area is 77.3 Å². The average molecular weight is 194 g/mol. The van der Waals surface area contributed by atoms with Crippen molar-refractivity contribution in [3.63, 3.8) is 0 Å². The molecule has 0 unspecified atom stereocenters. The summed E-state index contributed by atoms with van der Waals surface area (Å²) in [4.78, 5) is 11.0. The summed E-state index contributed by atoms with van der Waals surface area (Å²) in [6.07, 6.45) is -0.480. The fourth-order valence-corrected chi connectivity index (χ4v) is 0.740. The number of alkyl halides is 2. The fraction of sp³-hybridized carbons (Fsp3) is 0.889. The van der Waals surface area contributed by atoms with E-state index in [1.807, 2.05) is 0 Å². The molecule has 78 valence electrons. The van der Waals surface area contributed by atoms with Crippen LogP contribution < -0.4 is 0 Å². The Morgan fingerprint density at radius 2 is 1.85 bits per heavy atom. The normalized spacial score (nSPS) is 14.4. The molecular formula is C9H16F2O2. The SMILES string of the molecule is CC(C)OC(=O)C[C@H](C)C(C)(F)F. The van der Waals surface area contributed by atoms with Gasteiger partial charge in [0.05, 0.1) is 12.5 Å². The van der Waals surface area contributed by atoms with Crippen LogP contribution in [0.2, 0.25) is 0 Å². The van der Waals surface area contributed by atoms with E-state index in [0.717, 1.165) is 6.92 Å². The van der Waals surface area contributed by atoms with Crippen LogP contribution in [0.25, 0.3) is 0 Å². The van der Waals surface area contributed by atoms with Crippen LogP contribution in [0, 0.1) is 5.92 Å². The highest BCUT2D eigenvalue weighted by Gasteiger charge is 2.32. The van der Waals surface area contributed by atoms with E-state index in [9.17, 15) is 13.6 Å². The predicted molar refractivity (Wildman–Crippen MR) is 45.6 cm³/mol. The number of hydrogen-bond donors (Lipinski definition) is 0. The van der Waals surface area contributed by atoms with Gasteiger partial charge in [-0.1, -0.05) is 6.92 Å². The van der Waals surface area contributed by atoms with Crippen molar-refractivity contribution in [2.24, 2.45) is 5.92 Å². The minimum atomic E-state index is -2.82. The fourth-order valence-electron chi connectivity index (χ4n) is 0.740. The Hall–Kier alpha value is -0.670. The summed E-state index contributed by atoms with van der Waals surface area (Å²) in [6.45, 7) is 5.52. The van der Waals surface area contributed by atoms with Crippen molar-refractivity contribution < 1.29 is 18.3 Å². The molecule has 1 atom stereocenters. The Kier molecular flexibility index (Phi) is 4.30. The molecule has 0 aliphatic heterocycles. The first-order chi connectivity index (χ1) is 5.73. The summed E-state index contributed by atoms with van der Waals surface area (Å²) >= 11 is 0. The minimum Gasteiger partial charge on any atom is -0.463 e. The Bertz CT molecular complexity index is 173. The maximum Gasteiger partial charge on any atom is 0.306 e. The zero-order valence-corrected chi connectivity index (χ0v) is 8.43. The summed E-state index contributed by atoms with van der Waals surface area (Å²) in [5, 5.41) is 0.